The SMILES string of the molecule is C[C@]12C=CCCC1CC(=O)[C@@H]1[C@H]2CC[C@]2(C)C(=O)C(F)C[C@@H]12. The largest absolute Gasteiger partial charge is 0.299 e. The second-order valence-corrected chi connectivity index (χ2v) is 8.48. The van der Waals surface area contributed by atoms with Gasteiger partial charge in [0.25, 0.3) is 0 Å². The molecule has 3 saturated carbocycles. The van der Waals surface area contributed by atoms with Crippen LogP contribution in [0.5, 0.6) is 0 Å². The molecule has 0 aromatic heterocycles. The third-order valence-electron chi connectivity index (χ3n) is 7.63. The van der Waals surface area contributed by atoms with Gasteiger partial charge in [-0.1, -0.05) is 26.0 Å². The second kappa shape index (κ2) is 4.52. The minimum atomic E-state index is -1.35. The van der Waals surface area contributed by atoms with Crippen molar-refractivity contribution in [3.63, 3.8) is 0 Å². The van der Waals surface area contributed by atoms with Crippen LogP contribution in [0.1, 0.15) is 52.4 Å². The van der Waals surface area contributed by atoms with Gasteiger partial charge in [-0.05, 0) is 55.3 Å². The first-order valence-electron chi connectivity index (χ1n) is 8.77. The minimum absolute atomic E-state index is 0.0651. The molecule has 2 nitrogen and oxygen atoms in total. The van der Waals surface area contributed by atoms with E-state index in [2.05, 4.69) is 19.1 Å². The Morgan fingerprint density at radius 2 is 1.95 bits per heavy atom. The van der Waals surface area contributed by atoms with E-state index in [0.29, 0.717) is 24.0 Å². The van der Waals surface area contributed by atoms with Crippen molar-refractivity contribution in [1.82, 2.24) is 0 Å². The van der Waals surface area contributed by atoms with Gasteiger partial charge in [-0.25, -0.2) is 4.39 Å². The summed E-state index contributed by atoms with van der Waals surface area (Å²) in [5.74, 6) is 0.623. The topological polar surface area (TPSA) is 34.1 Å². The van der Waals surface area contributed by atoms with Crippen molar-refractivity contribution >= 4 is 11.6 Å². The Kier molecular flexibility index (Phi) is 3.00. The first kappa shape index (κ1) is 14.6. The molecule has 0 aromatic rings. The van der Waals surface area contributed by atoms with Crippen molar-refractivity contribution in [3.05, 3.63) is 12.2 Å². The van der Waals surface area contributed by atoms with Crippen LogP contribution in [0.4, 0.5) is 4.39 Å². The Morgan fingerprint density at radius 1 is 1.18 bits per heavy atom. The summed E-state index contributed by atoms with van der Waals surface area (Å²) in [5, 5.41) is 0. The average molecular weight is 304 g/mol. The molecule has 0 aliphatic heterocycles. The molecule has 3 fully saturated rings. The number of Topliss-reactive ketones (excluding diaryl/α,β-unsaturated/α-hetero) is 2. The van der Waals surface area contributed by atoms with Crippen molar-refractivity contribution in [2.45, 2.75) is 58.5 Å². The van der Waals surface area contributed by atoms with Crippen molar-refractivity contribution in [1.29, 1.82) is 0 Å². The summed E-state index contributed by atoms with van der Waals surface area (Å²) in [6.07, 6.45) is 7.93. The van der Waals surface area contributed by atoms with Crippen LogP contribution in [0.15, 0.2) is 12.2 Å². The number of rotatable bonds is 0. The number of carbonyl (C=O) groups is 2. The normalized spacial score (nSPS) is 53.9. The van der Waals surface area contributed by atoms with Gasteiger partial charge in [0.15, 0.2) is 12.0 Å². The van der Waals surface area contributed by atoms with E-state index in [1.807, 2.05) is 6.92 Å². The van der Waals surface area contributed by atoms with Crippen molar-refractivity contribution < 1.29 is 14.0 Å². The summed E-state index contributed by atoms with van der Waals surface area (Å²) in [7, 11) is 0. The van der Waals surface area contributed by atoms with Crippen LogP contribution in [0.25, 0.3) is 0 Å². The molecule has 4 aliphatic carbocycles. The Labute approximate surface area is 131 Å². The van der Waals surface area contributed by atoms with E-state index in [4.69, 9.17) is 0 Å². The number of carbonyl (C=O) groups excluding carboxylic acids is 2. The van der Waals surface area contributed by atoms with Crippen LogP contribution in [0, 0.1) is 34.5 Å². The van der Waals surface area contributed by atoms with E-state index in [0.717, 1.165) is 25.7 Å². The summed E-state index contributed by atoms with van der Waals surface area (Å²) in [6.45, 7) is 4.21. The van der Waals surface area contributed by atoms with Gasteiger partial charge < -0.3 is 0 Å². The number of fused-ring (bicyclic) bond motifs is 5. The number of hydrogen-bond donors (Lipinski definition) is 0. The van der Waals surface area contributed by atoms with E-state index >= 15 is 0 Å². The zero-order valence-corrected chi connectivity index (χ0v) is 13.5. The van der Waals surface area contributed by atoms with Gasteiger partial charge in [0.2, 0.25) is 0 Å². The lowest BCUT2D eigenvalue weighted by atomic mass is 9.46. The number of hydrogen-bond acceptors (Lipinski definition) is 2. The second-order valence-electron chi connectivity index (χ2n) is 8.48. The predicted octanol–water partition coefficient (Wildman–Crippen LogP) is 3.89. The molecule has 22 heavy (non-hydrogen) atoms. The molecular formula is C19H25FO2. The first-order chi connectivity index (χ1) is 10.4. The van der Waals surface area contributed by atoms with E-state index in [9.17, 15) is 14.0 Å². The molecule has 0 radical (unpaired) electrons. The maximum atomic E-state index is 14.1. The standard InChI is InChI=1S/C19H25FO2/c1-18-7-4-3-5-11(18)9-15(21)16-12(18)6-8-19(2)13(16)10-14(20)17(19)22/h4,7,11-14,16H,3,5-6,8-10H2,1-2H3/t11?,12-,13+,14?,16-,18+,19+/m1/s1. The highest BCUT2D eigenvalue weighted by atomic mass is 19.1. The van der Waals surface area contributed by atoms with Crippen LogP contribution in [-0.2, 0) is 9.59 Å². The van der Waals surface area contributed by atoms with Crippen molar-refractivity contribution in [3.8, 4) is 0 Å². The van der Waals surface area contributed by atoms with Gasteiger partial charge in [0, 0.05) is 17.8 Å². The molecule has 4 rings (SSSR count). The first-order valence-corrected chi connectivity index (χ1v) is 8.77. The van der Waals surface area contributed by atoms with E-state index in [1.54, 1.807) is 0 Å². The lowest BCUT2D eigenvalue weighted by Crippen LogP contribution is -2.55. The van der Waals surface area contributed by atoms with Gasteiger partial charge in [-0.2, -0.15) is 0 Å². The van der Waals surface area contributed by atoms with Gasteiger partial charge >= 0.3 is 0 Å². The lowest BCUT2D eigenvalue weighted by molar-refractivity contribution is -0.150. The molecule has 0 N–H and O–H groups in total. The molecule has 2 unspecified atom stereocenters. The molecule has 7 atom stereocenters. The summed E-state index contributed by atoms with van der Waals surface area (Å²) >= 11 is 0. The summed E-state index contributed by atoms with van der Waals surface area (Å²) in [5.41, 5.74) is -0.534. The maximum Gasteiger partial charge on any atom is 0.173 e. The van der Waals surface area contributed by atoms with Gasteiger partial charge in [0.1, 0.15) is 5.78 Å². The molecule has 0 aromatic carbocycles. The zero-order chi connectivity index (χ0) is 15.7. The van der Waals surface area contributed by atoms with Gasteiger partial charge in [-0.15, -0.1) is 0 Å². The summed E-state index contributed by atoms with van der Waals surface area (Å²) < 4.78 is 14.1. The third kappa shape index (κ3) is 1.66. The Balaban J connectivity index is 1.76. The minimum Gasteiger partial charge on any atom is -0.299 e. The molecule has 0 saturated heterocycles. The smallest absolute Gasteiger partial charge is 0.173 e. The monoisotopic (exact) mass is 304 g/mol. The fourth-order valence-electron chi connectivity index (χ4n) is 6.25. The van der Waals surface area contributed by atoms with E-state index in [-0.39, 0.29) is 29.5 Å². The molecule has 120 valence electrons. The van der Waals surface area contributed by atoms with E-state index < -0.39 is 11.6 Å². The quantitative estimate of drug-likeness (QED) is 0.636. The number of ketones is 2. The van der Waals surface area contributed by atoms with Gasteiger partial charge in [0.05, 0.1) is 0 Å². The molecule has 3 heteroatoms. The van der Waals surface area contributed by atoms with Crippen LogP contribution in [-0.4, -0.2) is 17.7 Å². The van der Waals surface area contributed by atoms with Crippen molar-refractivity contribution in [2.24, 2.45) is 34.5 Å². The Morgan fingerprint density at radius 3 is 2.73 bits per heavy atom. The zero-order valence-electron chi connectivity index (χ0n) is 13.5. The lowest BCUT2D eigenvalue weighted by Gasteiger charge is -2.56. The summed E-state index contributed by atoms with van der Waals surface area (Å²) in [4.78, 5) is 25.2. The number of allylic oxidation sites excluding steroid dienone is 2. The molecule has 4 aliphatic rings. The predicted molar refractivity (Wildman–Crippen MR) is 81.9 cm³/mol. The van der Waals surface area contributed by atoms with Crippen LogP contribution in [0.3, 0.4) is 0 Å². The van der Waals surface area contributed by atoms with Crippen LogP contribution < -0.4 is 0 Å². The third-order valence-corrected chi connectivity index (χ3v) is 7.63. The van der Waals surface area contributed by atoms with Gasteiger partial charge in [-0.3, -0.25) is 9.59 Å². The highest BCUT2D eigenvalue weighted by Gasteiger charge is 2.64. The molecule has 0 bridgehead atoms. The Bertz CT molecular complexity index is 568. The molecule has 0 amide bonds. The van der Waals surface area contributed by atoms with Crippen molar-refractivity contribution in [2.75, 3.05) is 0 Å². The van der Waals surface area contributed by atoms with Crippen LogP contribution >= 0.6 is 0 Å². The highest BCUT2D eigenvalue weighted by molar-refractivity contribution is 5.93. The van der Waals surface area contributed by atoms with E-state index in [1.165, 1.54) is 0 Å². The number of halogens is 1. The number of alkyl halides is 1. The maximum absolute atomic E-state index is 14.1. The van der Waals surface area contributed by atoms with Crippen LogP contribution in [0.2, 0.25) is 0 Å². The molecule has 0 heterocycles. The molecular weight excluding hydrogens is 279 g/mol. The molecule has 0 spiro atoms. The average Bonchev–Trinajstić information content (AvgIpc) is 2.71. The highest BCUT2D eigenvalue weighted by Crippen LogP contribution is 2.63. The Hall–Kier alpha value is -0.990. The fourth-order valence-corrected chi connectivity index (χ4v) is 6.25. The fraction of sp³-hybridized carbons (Fsp3) is 0.789. The summed E-state index contributed by atoms with van der Waals surface area (Å²) in [6, 6.07) is 0.